The van der Waals surface area contributed by atoms with Crippen LogP contribution in [0.15, 0.2) is 36.0 Å². The van der Waals surface area contributed by atoms with Crippen LogP contribution in [-0.2, 0) is 6.42 Å². The Kier molecular flexibility index (Phi) is 4.01. The number of nitrogens with one attached hydrogen (secondary N) is 2. The molecular weight excluding hydrogens is 280 g/mol. The summed E-state index contributed by atoms with van der Waals surface area (Å²) < 4.78 is 1.30. The third kappa shape index (κ3) is 2.83. The van der Waals surface area contributed by atoms with Crippen molar-refractivity contribution in [3.8, 4) is 0 Å². The van der Waals surface area contributed by atoms with Crippen LogP contribution in [0.2, 0.25) is 0 Å². The van der Waals surface area contributed by atoms with E-state index < -0.39 is 0 Å². The lowest BCUT2D eigenvalue weighted by molar-refractivity contribution is 0.906. The molecule has 0 unspecified atom stereocenters. The molecule has 4 nitrogen and oxygen atoms in total. The lowest BCUT2D eigenvalue weighted by Gasteiger charge is -2.13. The van der Waals surface area contributed by atoms with Crippen LogP contribution in [0.25, 0.3) is 10.1 Å². The lowest BCUT2D eigenvalue weighted by Crippen LogP contribution is -2.05. The average Bonchev–Trinajstić information content (AvgIpc) is 2.96. The summed E-state index contributed by atoms with van der Waals surface area (Å²) in [4.78, 5) is 8.71. The molecule has 0 aliphatic carbocycles. The minimum Gasteiger partial charge on any atom is -0.373 e. The van der Waals surface area contributed by atoms with E-state index in [1.807, 2.05) is 7.05 Å². The van der Waals surface area contributed by atoms with Gasteiger partial charge in [0.05, 0.1) is 0 Å². The Balaban J connectivity index is 1.96. The monoisotopic (exact) mass is 298 g/mol. The highest BCUT2D eigenvalue weighted by atomic mass is 32.1. The summed E-state index contributed by atoms with van der Waals surface area (Å²) in [7, 11) is 1.89. The van der Waals surface area contributed by atoms with Crippen LogP contribution in [0, 0.1) is 0 Å². The second-order valence-corrected chi connectivity index (χ2v) is 5.80. The largest absolute Gasteiger partial charge is 0.373 e. The Labute approximate surface area is 128 Å². The maximum atomic E-state index is 4.41. The van der Waals surface area contributed by atoms with Crippen molar-refractivity contribution >= 4 is 38.7 Å². The van der Waals surface area contributed by atoms with Crippen LogP contribution in [0.5, 0.6) is 0 Å². The minimum atomic E-state index is 0.880. The zero-order chi connectivity index (χ0) is 14.7. The van der Waals surface area contributed by atoms with E-state index in [9.17, 15) is 0 Å². The van der Waals surface area contributed by atoms with Gasteiger partial charge >= 0.3 is 0 Å². The molecule has 3 rings (SSSR count). The van der Waals surface area contributed by atoms with Crippen molar-refractivity contribution in [1.29, 1.82) is 0 Å². The van der Waals surface area contributed by atoms with Gasteiger partial charge < -0.3 is 10.6 Å². The molecule has 0 saturated heterocycles. The van der Waals surface area contributed by atoms with E-state index in [1.165, 1.54) is 10.1 Å². The van der Waals surface area contributed by atoms with Gasteiger partial charge in [0.2, 0.25) is 0 Å². The fourth-order valence-corrected chi connectivity index (χ4v) is 3.17. The highest BCUT2D eigenvalue weighted by Gasteiger charge is 2.10. The topological polar surface area (TPSA) is 49.8 Å². The van der Waals surface area contributed by atoms with Gasteiger partial charge in [-0.25, -0.2) is 9.97 Å². The van der Waals surface area contributed by atoms with Gasteiger partial charge in [-0.3, -0.25) is 0 Å². The first-order chi connectivity index (χ1) is 10.3. The first-order valence-electron chi connectivity index (χ1n) is 7.07. The van der Waals surface area contributed by atoms with Gasteiger partial charge in [-0.2, -0.15) is 0 Å². The van der Waals surface area contributed by atoms with Crippen LogP contribution in [-0.4, -0.2) is 17.0 Å². The normalized spacial score (nSPS) is 10.8. The molecule has 0 bridgehead atoms. The summed E-state index contributed by atoms with van der Waals surface area (Å²) in [6.07, 6.45) is 3.59. The summed E-state index contributed by atoms with van der Waals surface area (Å²) in [5, 5.41) is 9.94. The van der Waals surface area contributed by atoms with E-state index in [2.05, 4.69) is 57.2 Å². The molecule has 1 aromatic carbocycles. The highest BCUT2D eigenvalue weighted by Crippen LogP contribution is 2.28. The van der Waals surface area contributed by atoms with Gasteiger partial charge in [0, 0.05) is 23.0 Å². The summed E-state index contributed by atoms with van der Waals surface area (Å²) >= 11 is 1.76. The molecule has 2 heterocycles. The number of benzene rings is 1. The van der Waals surface area contributed by atoms with Crippen molar-refractivity contribution in [1.82, 2.24) is 9.97 Å². The molecule has 0 aliphatic heterocycles. The van der Waals surface area contributed by atoms with E-state index in [-0.39, 0.29) is 0 Å². The van der Waals surface area contributed by atoms with Gasteiger partial charge in [0.15, 0.2) is 0 Å². The van der Waals surface area contributed by atoms with Gasteiger partial charge in [-0.15, -0.1) is 11.3 Å². The summed E-state index contributed by atoms with van der Waals surface area (Å²) in [6.45, 7) is 2.16. The zero-order valence-corrected chi connectivity index (χ0v) is 13.0. The number of hydrogen-bond acceptors (Lipinski definition) is 5. The minimum absolute atomic E-state index is 0.880. The maximum Gasteiger partial charge on any atom is 0.139 e. The van der Waals surface area contributed by atoms with E-state index in [0.29, 0.717) is 0 Å². The number of thiophene rings is 1. The number of nitrogens with zero attached hydrogens (tertiary/aromatic N) is 2. The van der Waals surface area contributed by atoms with Crippen LogP contribution in [0.4, 0.5) is 17.3 Å². The fourth-order valence-electron chi connectivity index (χ4n) is 2.40. The molecule has 0 spiro atoms. The van der Waals surface area contributed by atoms with Crippen LogP contribution < -0.4 is 10.6 Å². The molecule has 5 heteroatoms. The van der Waals surface area contributed by atoms with Crippen LogP contribution in [0.3, 0.4) is 0 Å². The summed E-state index contributed by atoms with van der Waals surface area (Å²) in [6, 6.07) is 8.53. The van der Waals surface area contributed by atoms with Crippen LogP contribution in [0.1, 0.15) is 18.9 Å². The molecule has 0 fully saturated rings. The van der Waals surface area contributed by atoms with Crippen molar-refractivity contribution in [2.24, 2.45) is 0 Å². The van der Waals surface area contributed by atoms with Crippen molar-refractivity contribution in [2.45, 2.75) is 19.8 Å². The molecular formula is C16H18N4S. The van der Waals surface area contributed by atoms with Crippen molar-refractivity contribution in [3.63, 3.8) is 0 Å². The Morgan fingerprint density at radius 1 is 1.14 bits per heavy atom. The molecule has 0 amide bonds. The third-order valence-electron chi connectivity index (χ3n) is 3.40. The predicted octanol–water partition coefficient (Wildman–Crippen LogP) is 4.43. The fraction of sp³-hybridized carbons (Fsp3) is 0.250. The third-order valence-corrected chi connectivity index (χ3v) is 4.30. The number of anilines is 3. The van der Waals surface area contributed by atoms with Crippen molar-refractivity contribution in [3.05, 3.63) is 41.5 Å². The Morgan fingerprint density at radius 2 is 2.00 bits per heavy atom. The van der Waals surface area contributed by atoms with Crippen molar-refractivity contribution in [2.75, 3.05) is 17.7 Å². The van der Waals surface area contributed by atoms with Gasteiger partial charge in [0.1, 0.15) is 18.0 Å². The van der Waals surface area contributed by atoms with E-state index in [1.54, 1.807) is 17.7 Å². The molecule has 2 N–H and O–H groups in total. The molecule has 0 atom stereocenters. The van der Waals surface area contributed by atoms with E-state index in [0.717, 1.165) is 35.7 Å². The molecule has 2 aromatic heterocycles. The Bertz CT molecular complexity index is 751. The predicted molar refractivity (Wildman–Crippen MR) is 90.7 cm³/mol. The highest BCUT2D eigenvalue weighted by molar-refractivity contribution is 7.17. The molecule has 21 heavy (non-hydrogen) atoms. The smallest absolute Gasteiger partial charge is 0.139 e. The van der Waals surface area contributed by atoms with Gasteiger partial charge in [0.25, 0.3) is 0 Å². The number of rotatable bonds is 5. The van der Waals surface area contributed by atoms with Gasteiger partial charge in [-0.1, -0.05) is 13.3 Å². The second-order valence-electron chi connectivity index (χ2n) is 4.85. The maximum absolute atomic E-state index is 4.41. The lowest BCUT2D eigenvalue weighted by atomic mass is 10.1. The van der Waals surface area contributed by atoms with E-state index >= 15 is 0 Å². The molecule has 0 radical (unpaired) electrons. The standard InChI is InChI=1S/C16H18N4S/c1-3-4-13-15(17-2)18-10-19-16(13)20-12-5-6-14-11(9-12)7-8-21-14/h5-10H,3-4H2,1-2H3,(H2,17,18,19,20). The molecule has 108 valence electrons. The number of aromatic nitrogens is 2. The quantitative estimate of drug-likeness (QED) is 0.731. The van der Waals surface area contributed by atoms with Crippen molar-refractivity contribution < 1.29 is 0 Å². The van der Waals surface area contributed by atoms with Gasteiger partial charge in [-0.05, 0) is 41.5 Å². The summed E-state index contributed by atoms with van der Waals surface area (Å²) in [5.41, 5.74) is 2.19. The average molecular weight is 298 g/mol. The first kappa shape index (κ1) is 13.8. The number of fused-ring (bicyclic) bond motifs is 1. The molecule has 0 aliphatic rings. The molecule has 0 saturated carbocycles. The zero-order valence-electron chi connectivity index (χ0n) is 12.2. The SMILES string of the molecule is CCCc1c(NC)ncnc1Nc1ccc2sccc2c1. The van der Waals surface area contributed by atoms with E-state index in [4.69, 9.17) is 0 Å². The molecule has 3 aromatic rings. The Morgan fingerprint density at radius 3 is 2.81 bits per heavy atom. The first-order valence-corrected chi connectivity index (χ1v) is 7.95. The second kappa shape index (κ2) is 6.10. The van der Waals surface area contributed by atoms with Crippen LogP contribution >= 0.6 is 11.3 Å². The summed E-state index contributed by atoms with van der Waals surface area (Å²) in [5.74, 6) is 1.77. The number of hydrogen-bond donors (Lipinski definition) is 2. The Hall–Kier alpha value is -2.14.